The lowest BCUT2D eigenvalue weighted by molar-refractivity contribution is 0.102. The average Bonchev–Trinajstić information content (AvgIpc) is 3.29. The van der Waals surface area contributed by atoms with Crippen LogP contribution in [0.4, 0.5) is 17.2 Å². The van der Waals surface area contributed by atoms with Crippen molar-refractivity contribution in [2.75, 3.05) is 17.3 Å². The molecule has 8 heteroatoms. The third kappa shape index (κ3) is 4.22. The van der Waals surface area contributed by atoms with Crippen molar-refractivity contribution in [3.63, 3.8) is 0 Å². The smallest absolute Gasteiger partial charge is 0.261 e. The zero-order valence-electron chi connectivity index (χ0n) is 17.8. The Labute approximate surface area is 190 Å². The number of para-hydroxylation sites is 3. The van der Waals surface area contributed by atoms with Crippen LogP contribution in [0.5, 0.6) is 11.5 Å². The Morgan fingerprint density at radius 2 is 1.79 bits per heavy atom. The normalized spacial score (nSPS) is 10.7. The van der Waals surface area contributed by atoms with Crippen molar-refractivity contribution in [3.8, 4) is 11.5 Å². The molecule has 3 heterocycles. The highest BCUT2D eigenvalue weighted by Gasteiger charge is 2.18. The van der Waals surface area contributed by atoms with E-state index in [1.807, 2.05) is 72.6 Å². The largest absolute Gasteiger partial charge is 0.455 e. The van der Waals surface area contributed by atoms with Crippen molar-refractivity contribution in [1.29, 1.82) is 0 Å². The van der Waals surface area contributed by atoms with E-state index in [1.54, 1.807) is 35.2 Å². The second kappa shape index (κ2) is 8.80. The molecular formula is C25H20N6O2. The van der Waals surface area contributed by atoms with Crippen LogP contribution in [0.15, 0.2) is 97.6 Å². The van der Waals surface area contributed by atoms with E-state index in [2.05, 4.69) is 20.4 Å². The van der Waals surface area contributed by atoms with Crippen LogP contribution in [0.1, 0.15) is 10.4 Å². The van der Waals surface area contributed by atoms with E-state index in [-0.39, 0.29) is 5.91 Å². The van der Waals surface area contributed by atoms with Gasteiger partial charge in [-0.25, -0.2) is 9.50 Å². The summed E-state index contributed by atoms with van der Waals surface area (Å²) in [6.45, 7) is 0. The summed E-state index contributed by atoms with van der Waals surface area (Å²) >= 11 is 0. The number of benzene rings is 2. The van der Waals surface area contributed by atoms with Crippen molar-refractivity contribution in [2.24, 2.45) is 0 Å². The lowest BCUT2D eigenvalue weighted by atomic mass is 10.2. The highest BCUT2D eigenvalue weighted by atomic mass is 16.5. The summed E-state index contributed by atoms with van der Waals surface area (Å²) in [7, 11) is 1.89. The Bertz CT molecular complexity index is 1400. The van der Waals surface area contributed by atoms with Gasteiger partial charge in [0.2, 0.25) is 0 Å². The Kier molecular flexibility index (Phi) is 5.38. The molecule has 33 heavy (non-hydrogen) atoms. The molecule has 0 aliphatic carbocycles. The van der Waals surface area contributed by atoms with Crippen molar-refractivity contribution in [3.05, 3.63) is 103 Å². The molecule has 0 fully saturated rings. The van der Waals surface area contributed by atoms with Crippen molar-refractivity contribution < 1.29 is 9.53 Å². The highest BCUT2D eigenvalue weighted by Crippen LogP contribution is 2.30. The quantitative estimate of drug-likeness (QED) is 0.406. The van der Waals surface area contributed by atoms with Gasteiger partial charge in [0.05, 0.1) is 23.8 Å². The van der Waals surface area contributed by atoms with Gasteiger partial charge >= 0.3 is 0 Å². The predicted molar refractivity (Wildman–Crippen MR) is 126 cm³/mol. The molecule has 5 aromatic rings. The highest BCUT2D eigenvalue weighted by molar-refractivity contribution is 6.08. The van der Waals surface area contributed by atoms with E-state index in [0.717, 1.165) is 5.69 Å². The number of anilines is 3. The van der Waals surface area contributed by atoms with E-state index < -0.39 is 0 Å². The third-order valence-electron chi connectivity index (χ3n) is 5.08. The van der Waals surface area contributed by atoms with E-state index in [1.165, 1.54) is 6.20 Å². The fraction of sp³-hybridized carbons (Fsp3) is 0.0400. The topological polar surface area (TPSA) is 84.7 Å². The number of aromatic nitrogens is 4. The molecule has 0 unspecified atom stereocenters. The molecule has 1 N–H and O–H groups in total. The molecule has 0 radical (unpaired) electrons. The van der Waals surface area contributed by atoms with Crippen LogP contribution in [-0.4, -0.2) is 32.5 Å². The monoisotopic (exact) mass is 436 g/mol. The van der Waals surface area contributed by atoms with Gasteiger partial charge in [-0.05, 0) is 42.5 Å². The first kappa shape index (κ1) is 20.2. The summed E-state index contributed by atoms with van der Waals surface area (Å²) in [6.07, 6.45) is 6.74. The number of hydrogen-bond acceptors (Lipinski definition) is 6. The minimum Gasteiger partial charge on any atom is -0.455 e. The van der Waals surface area contributed by atoms with Crippen LogP contribution in [0.25, 0.3) is 5.65 Å². The van der Waals surface area contributed by atoms with Gasteiger partial charge in [0.25, 0.3) is 5.91 Å². The molecule has 0 atom stereocenters. The number of nitrogens with one attached hydrogen (secondary N) is 1. The fourth-order valence-electron chi connectivity index (χ4n) is 3.35. The Balaban J connectivity index is 1.43. The van der Waals surface area contributed by atoms with Gasteiger partial charge in [-0.3, -0.25) is 9.78 Å². The lowest BCUT2D eigenvalue weighted by Crippen LogP contribution is -2.14. The molecule has 3 aromatic heterocycles. The van der Waals surface area contributed by atoms with Gasteiger partial charge in [-0.15, -0.1) is 0 Å². The lowest BCUT2D eigenvalue weighted by Gasteiger charge is -2.17. The van der Waals surface area contributed by atoms with Gasteiger partial charge in [0.1, 0.15) is 17.1 Å². The van der Waals surface area contributed by atoms with Crippen LogP contribution < -0.4 is 15.0 Å². The molecule has 0 aliphatic heterocycles. The van der Waals surface area contributed by atoms with Crippen LogP contribution in [-0.2, 0) is 0 Å². The number of pyridine rings is 1. The molecule has 1 amide bonds. The van der Waals surface area contributed by atoms with Gasteiger partial charge in [0.15, 0.2) is 11.4 Å². The summed E-state index contributed by atoms with van der Waals surface area (Å²) in [5.74, 6) is 1.55. The molecular weight excluding hydrogens is 416 g/mol. The molecule has 0 aliphatic rings. The van der Waals surface area contributed by atoms with Crippen molar-refractivity contribution in [2.45, 2.75) is 0 Å². The Morgan fingerprint density at radius 1 is 0.970 bits per heavy atom. The maximum atomic E-state index is 13.2. The van der Waals surface area contributed by atoms with E-state index in [9.17, 15) is 4.79 Å². The molecule has 2 aromatic carbocycles. The second-order valence-electron chi connectivity index (χ2n) is 7.25. The standard InChI is InChI=1S/C25H20N6O2/c1-30(18-8-7-14-26-16-18)23-13-15-31-24(29-23)20(17-27-31)25(32)28-21-11-5-6-12-22(21)33-19-9-3-2-4-10-19/h2-17H,1H3,(H,28,32). The Morgan fingerprint density at radius 3 is 2.61 bits per heavy atom. The van der Waals surface area contributed by atoms with Crippen LogP contribution in [0.3, 0.4) is 0 Å². The maximum Gasteiger partial charge on any atom is 0.261 e. The number of carbonyl (C=O) groups excluding carboxylic acids is 1. The summed E-state index contributed by atoms with van der Waals surface area (Å²) in [5.41, 5.74) is 2.23. The summed E-state index contributed by atoms with van der Waals surface area (Å²) < 4.78 is 7.52. The number of carbonyl (C=O) groups is 1. The molecule has 0 spiro atoms. The summed E-state index contributed by atoms with van der Waals surface area (Å²) in [4.78, 5) is 23.9. The molecule has 5 rings (SSSR count). The second-order valence-corrected chi connectivity index (χ2v) is 7.25. The fourth-order valence-corrected chi connectivity index (χ4v) is 3.35. The summed E-state index contributed by atoms with van der Waals surface area (Å²) in [5, 5.41) is 7.20. The predicted octanol–water partition coefficient (Wildman–Crippen LogP) is 4.94. The third-order valence-corrected chi connectivity index (χ3v) is 5.08. The summed E-state index contributed by atoms with van der Waals surface area (Å²) in [6, 6.07) is 22.3. The number of amides is 1. The molecule has 0 bridgehead atoms. The number of ether oxygens (including phenoxy) is 1. The number of rotatable bonds is 6. The van der Waals surface area contributed by atoms with Crippen LogP contribution in [0, 0.1) is 0 Å². The van der Waals surface area contributed by atoms with Crippen molar-refractivity contribution in [1.82, 2.24) is 19.6 Å². The van der Waals surface area contributed by atoms with E-state index in [0.29, 0.717) is 34.2 Å². The first-order chi connectivity index (χ1) is 16.2. The molecule has 162 valence electrons. The van der Waals surface area contributed by atoms with Gasteiger partial charge in [0, 0.05) is 19.4 Å². The Hall–Kier alpha value is -4.72. The SMILES string of the molecule is CN(c1cccnc1)c1ccn2ncc(C(=O)Nc3ccccc3Oc3ccccc3)c2n1. The average molecular weight is 436 g/mol. The zero-order chi connectivity index (χ0) is 22.6. The van der Waals surface area contributed by atoms with Crippen LogP contribution >= 0.6 is 0 Å². The van der Waals surface area contributed by atoms with Gasteiger partial charge in [-0.1, -0.05) is 30.3 Å². The minimum absolute atomic E-state index is 0.331. The first-order valence-electron chi connectivity index (χ1n) is 10.3. The molecule has 8 nitrogen and oxygen atoms in total. The molecule has 0 saturated heterocycles. The zero-order valence-corrected chi connectivity index (χ0v) is 17.8. The number of fused-ring (bicyclic) bond motifs is 1. The minimum atomic E-state index is -0.331. The van der Waals surface area contributed by atoms with E-state index >= 15 is 0 Å². The number of hydrogen-bond donors (Lipinski definition) is 1. The van der Waals surface area contributed by atoms with Gasteiger partial charge < -0.3 is 15.0 Å². The van der Waals surface area contributed by atoms with Crippen molar-refractivity contribution >= 4 is 28.7 Å². The number of nitrogens with zero attached hydrogens (tertiary/aromatic N) is 5. The maximum absolute atomic E-state index is 13.2. The first-order valence-corrected chi connectivity index (χ1v) is 10.3. The van der Waals surface area contributed by atoms with Crippen LogP contribution in [0.2, 0.25) is 0 Å². The van der Waals surface area contributed by atoms with E-state index in [4.69, 9.17) is 4.74 Å². The molecule has 0 saturated carbocycles. The van der Waals surface area contributed by atoms with Gasteiger partial charge in [-0.2, -0.15) is 5.10 Å².